The maximum Gasteiger partial charge on any atom is 0.225 e. The van der Waals surface area contributed by atoms with E-state index in [1.165, 1.54) is 0 Å². The molecule has 114 valence electrons. The van der Waals surface area contributed by atoms with Gasteiger partial charge in [0.05, 0.1) is 5.69 Å². The molecule has 21 heavy (non-hydrogen) atoms. The van der Waals surface area contributed by atoms with Crippen LogP contribution in [0.15, 0.2) is 24.4 Å². The van der Waals surface area contributed by atoms with Gasteiger partial charge in [0.25, 0.3) is 0 Å². The summed E-state index contributed by atoms with van der Waals surface area (Å²) >= 11 is 1.96. The second-order valence-corrected chi connectivity index (χ2v) is 7.03. The zero-order valence-corrected chi connectivity index (χ0v) is 13.2. The maximum absolute atomic E-state index is 12.5. The minimum absolute atomic E-state index is 0.244. The summed E-state index contributed by atoms with van der Waals surface area (Å²) in [6.07, 6.45) is 3.84. The average Bonchev–Trinajstić information content (AvgIpc) is 2.57. The Bertz CT molecular complexity index is 454. The number of aromatic nitrogens is 1. The summed E-state index contributed by atoms with van der Waals surface area (Å²) in [6.45, 7) is 4.81. The number of amides is 1. The highest BCUT2D eigenvalue weighted by Crippen LogP contribution is 2.22. The standard InChI is InChI=1S/C16H23N3OS/c20-16(19-9-11-21-12-10-19)14-4-7-18(8-5-14)13-15-3-1-2-6-17-15/h1-3,6,14H,4-5,7-13H2. The van der Waals surface area contributed by atoms with Gasteiger partial charge in [0.1, 0.15) is 0 Å². The first kappa shape index (κ1) is 14.9. The van der Waals surface area contributed by atoms with Crippen LogP contribution in [0.2, 0.25) is 0 Å². The number of carbonyl (C=O) groups excluding carboxylic acids is 1. The SMILES string of the molecule is O=C(C1CCN(Cc2ccccn2)CC1)N1CCSCC1. The predicted molar refractivity (Wildman–Crippen MR) is 86.1 cm³/mol. The number of likely N-dealkylation sites (tertiary alicyclic amines) is 1. The molecular formula is C16H23N3OS. The topological polar surface area (TPSA) is 36.4 Å². The third-order valence-corrected chi connectivity index (χ3v) is 5.31. The molecule has 5 heteroatoms. The van der Waals surface area contributed by atoms with Crippen molar-refractivity contribution in [2.45, 2.75) is 19.4 Å². The van der Waals surface area contributed by atoms with Crippen molar-refractivity contribution in [1.82, 2.24) is 14.8 Å². The van der Waals surface area contributed by atoms with Crippen molar-refractivity contribution >= 4 is 17.7 Å². The molecule has 0 atom stereocenters. The molecule has 0 N–H and O–H groups in total. The predicted octanol–water partition coefficient (Wildman–Crippen LogP) is 1.87. The lowest BCUT2D eigenvalue weighted by atomic mass is 9.95. The molecule has 1 aromatic rings. The van der Waals surface area contributed by atoms with Crippen molar-refractivity contribution in [1.29, 1.82) is 0 Å². The zero-order valence-electron chi connectivity index (χ0n) is 12.4. The molecule has 0 bridgehead atoms. The fraction of sp³-hybridized carbons (Fsp3) is 0.625. The summed E-state index contributed by atoms with van der Waals surface area (Å²) in [6, 6.07) is 6.06. The monoisotopic (exact) mass is 305 g/mol. The number of hydrogen-bond donors (Lipinski definition) is 0. The molecule has 0 saturated carbocycles. The first-order valence-electron chi connectivity index (χ1n) is 7.82. The van der Waals surface area contributed by atoms with Gasteiger partial charge < -0.3 is 4.90 Å². The van der Waals surface area contributed by atoms with Crippen LogP contribution in [0.4, 0.5) is 0 Å². The Balaban J connectivity index is 1.47. The Hall–Kier alpha value is -1.07. The van der Waals surface area contributed by atoms with Crippen LogP contribution in [0, 0.1) is 5.92 Å². The molecule has 3 rings (SSSR count). The van der Waals surface area contributed by atoms with Crippen molar-refractivity contribution in [3.63, 3.8) is 0 Å². The number of carbonyl (C=O) groups is 1. The lowest BCUT2D eigenvalue weighted by Crippen LogP contribution is -2.45. The van der Waals surface area contributed by atoms with Crippen LogP contribution in [-0.2, 0) is 11.3 Å². The van der Waals surface area contributed by atoms with E-state index in [0.717, 1.165) is 62.8 Å². The number of pyridine rings is 1. The van der Waals surface area contributed by atoms with Crippen LogP contribution in [0.1, 0.15) is 18.5 Å². The number of rotatable bonds is 3. The molecule has 0 radical (unpaired) electrons. The van der Waals surface area contributed by atoms with Gasteiger partial charge in [-0.1, -0.05) is 6.07 Å². The minimum atomic E-state index is 0.244. The summed E-state index contributed by atoms with van der Waals surface area (Å²) in [7, 11) is 0. The highest BCUT2D eigenvalue weighted by Gasteiger charge is 2.29. The van der Waals surface area contributed by atoms with E-state index in [1.807, 2.05) is 30.1 Å². The smallest absolute Gasteiger partial charge is 0.225 e. The maximum atomic E-state index is 12.5. The highest BCUT2D eigenvalue weighted by molar-refractivity contribution is 7.99. The molecule has 0 unspecified atom stereocenters. The van der Waals surface area contributed by atoms with Gasteiger partial charge in [0, 0.05) is 43.3 Å². The van der Waals surface area contributed by atoms with E-state index in [9.17, 15) is 4.79 Å². The lowest BCUT2D eigenvalue weighted by Gasteiger charge is -2.35. The normalized spacial score (nSPS) is 21.4. The minimum Gasteiger partial charge on any atom is -0.341 e. The van der Waals surface area contributed by atoms with Crippen molar-refractivity contribution < 1.29 is 4.79 Å². The third-order valence-electron chi connectivity index (χ3n) is 4.37. The van der Waals surface area contributed by atoms with Crippen molar-refractivity contribution in [2.24, 2.45) is 5.92 Å². The van der Waals surface area contributed by atoms with Crippen LogP contribution in [0.5, 0.6) is 0 Å². The largest absolute Gasteiger partial charge is 0.341 e. The van der Waals surface area contributed by atoms with Gasteiger partial charge in [0.15, 0.2) is 0 Å². The van der Waals surface area contributed by atoms with Gasteiger partial charge in [-0.3, -0.25) is 14.7 Å². The molecule has 0 aliphatic carbocycles. The molecular weight excluding hydrogens is 282 g/mol. The Morgan fingerprint density at radius 2 is 1.95 bits per heavy atom. The molecule has 3 heterocycles. The van der Waals surface area contributed by atoms with E-state index < -0.39 is 0 Å². The van der Waals surface area contributed by atoms with Gasteiger partial charge >= 0.3 is 0 Å². The van der Waals surface area contributed by atoms with E-state index in [2.05, 4.69) is 20.9 Å². The van der Waals surface area contributed by atoms with E-state index in [0.29, 0.717) is 5.91 Å². The summed E-state index contributed by atoms with van der Waals surface area (Å²) in [5.41, 5.74) is 1.12. The molecule has 2 saturated heterocycles. The van der Waals surface area contributed by atoms with E-state index >= 15 is 0 Å². The summed E-state index contributed by atoms with van der Waals surface area (Å²) in [5, 5.41) is 0. The fourth-order valence-electron chi connectivity index (χ4n) is 3.10. The van der Waals surface area contributed by atoms with Gasteiger partial charge in [-0.25, -0.2) is 0 Å². The van der Waals surface area contributed by atoms with Gasteiger partial charge in [0.2, 0.25) is 5.91 Å². The molecule has 2 fully saturated rings. The average molecular weight is 305 g/mol. The Labute approximate surface area is 130 Å². The molecule has 0 spiro atoms. The molecule has 1 amide bonds. The first-order chi connectivity index (χ1) is 10.3. The molecule has 2 aliphatic heterocycles. The quantitative estimate of drug-likeness (QED) is 0.854. The van der Waals surface area contributed by atoms with E-state index in [-0.39, 0.29) is 5.92 Å². The lowest BCUT2D eigenvalue weighted by molar-refractivity contribution is -0.136. The number of piperidine rings is 1. The second kappa shape index (κ2) is 7.27. The summed E-state index contributed by atoms with van der Waals surface area (Å²) < 4.78 is 0. The molecule has 0 aromatic carbocycles. The Morgan fingerprint density at radius 3 is 2.62 bits per heavy atom. The second-order valence-electron chi connectivity index (χ2n) is 5.81. The third kappa shape index (κ3) is 3.98. The zero-order chi connectivity index (χ0) is 14.5. The number of nitrogens with zero attached hydrogens (tertiary/aromatic N) is 3. The fourth-order valence-corrected chi connectivity index (χ4v) is 4.00. The van der Waals surface area contributed by atoms with Gasteiger partial charge in [-0.05, 0) is 38.1 Å². The van der Waals surface area contributed by atoms with Crippen molar-refractivity contribution in [3.05, 3.63) is 30.1 Å². The number of thioether (sulfide) groups is 1. The molecule has 2 aliphatic rings. The van der Waals surface area contributed by atoms with E-state index in [4.69, 9.17) is 0 Å². The van der Waals surface area contributed by atoms with Crippen molar-refractivity contribution in [2.75, 3.05) is 37.7 Å². The Morgan fingerprint density at radius 1 is 1.19 bits per heavy atom. The summed E-state index contributed by atoms with van der Waals surface area (Å²) in [4.78, 5) is 21.4. The van der Waals surface area contributed by atoms with Crippen LogP contribution in [0.3, 0.4) is 0 Å². The highest BCUT2D eigenvalue weighted by atomic mass is 32.2. The van der Waals surface area contributed by atoms with Crippen LogP contribution >= 0.6 is 11.8 Å². The first-order valence-corrected chi connectivity index (χ1v) is 8.97. The Kier molecular flexibility index (Phi) is 5.14. The van der Waals surface area contributed by atoms with Crippen LogP contribution < -0.4 is 0 Å². The van der Waals surface area contributed by atoms with Gasteiger partial charge in [-0.15, -0.1) is 0 Å². The van der Waals surface area contributed by atoms with Crippen molar-refractivity contribution in [3.8, 4) is 0 Å². The molecule has 1 aromatic heterocycles. The van der Waals surface area contributed by atoms with Crippen LogP contribution in [0.25, 0.3) is 0 Å². The molecule has 4 nitrogen and oxygen atoms in total. The van der Waals surface area contributed by atoms with E-state index in [1.54, 1.807) is 0 Å². The van der Waals surface area contributed by atoms with Gasteiger partial charge in [-0.2, -0.15) is 11.8 Å². The number of hydrogen-bond acceptors (Lipinski definition) is 4. The summed E-state index contributed by atoms with van der Waals surface area (Å²) in [5.74, 6) is 2.84. The van der Waals surface area contributed by atoms with Crippen LogP contribution in [-0.4, -0.2) is 58.4 Å².